The lowest BCUT2D eigenvalue weighted by molar-refractivity contribution is 0.970. The van der Waals surface area contributed by atoms with Crippen molar-refractivity contribution in [2.75, 3.05) is 0 Å². The Morgan fingerprint density at radius 2 is 1.72 bits per heavy atom. The van der Waals surface area contributed by atoms with Gasteiger partial charge in [0.2, 0.25) is 0 Å². The highest BCUT2D eigenvalue weighted by molar-refractivity contribution is 5.87. The maximum Gasteiger partial charge on any atom is 0.0491 e. The van der Waals surface area contributed by atoms with Crippen LogP contribution in [0.25, 0.3) is 22.2 Å². The molecule has 0 aliphatic rings. The molecule has 0 unspecified atom stereocenters. The zero-order valence-corrected chi connectivity index (χ0v) is 10.4. The third-order valence-electron chi connectivity index (χ3n) is 3.46. The van der Waals surface area contributed by atoms with Crippen molar-refractivity contribution in [1.29, 1.82) is 0 Å². The minimum absolute atomic E-state index is 0.567. The Labute approximate surface area is 107 Å². The molecule has 2 nitrogen and oxygen atoms in total. The molecule has 3 rings (SSSR count). The molecular formula is C16H16N2. The van der Waals surface area contributed by atoms with Gasteiger partial charge in [-0.15, -0.1) is 0 Å². The van der Waals surface area contributed by atoms with E-state index in [0.29, 0.717) is 6.54 Å². The lowest BCUT2D eigenvalue weighted by Gasteiger charge is -2.09. The zero-order chi connectivity index (χ0) is 12.5. The van der Waals surface area contributed by atoms with Gasteiger partial charge in [-0.05, 0) is 17.7 Å². The Morgan fingerprint density at radius 1 is 1.00 bits per heavy atom. The average molecular weight is 236 g/mol. The molecule has 0 fully saturated rings. The summed E-state index contributed by atoms with van der Waals surface area (Å²) in [6.07, 6.45) is 0. The SMILES string of the molecule is Cn1c(-c2ccccc2CN)cc2ccccc21. The monoisotopic (exact) mass is 236 g/mol. The third kappa shape index (κ3) is 1.62. The van der Waals surface area contributed by atoms with E-state index in [-0.39, 0.29) is 0 Å². The third-order valence-corrected chi connectivity index (χ3v) is 3.46. The molecule has 1 aromatic heterocycles. The molecule has 0 saturated heterocycles. The summed E-state index contributed by atoms with van der Waals surface area (Å²) in [5.41, 5.74) is 10.7. The Balaban J connectivity index is 2.28. The summed E-state index contributed by atoms with van der Waals surface area (Å²) in [6.45, 7) is 0.567. The van der Waals surface area contributed by atoms with E-state index in [9.17, 15) is 0 Å². The van der Waals surface area contributed by atoms with Crippen LogP contribution in [0.1, 0.15) is 5.56 Å². The molecule has 90 valence electrons. The lowest BCUT2D eigenvalue weighted by atomic mass is 10.0. The summed E-state index contributed by atoms with van der Waals surface area (Å²) < 4.78 is 2.23. The number of benzene rings is 2. The molecule has 18 heavy (non-hydrogen) atoms. The minimum Gasteiger partial charge on any atom is -0.344 e. The molecule has 1 heterocycles. The predicted molar refractivity (Wildman–Crippen MR) is 76.2 cm³/mol. The van der Waals surface area contributed by atoms with Gasteiger partial charge in [0, 0.05) is 35.8 Å². The molecule has 2 heteroatoms. The summed E-state index contributed by atoms with van der Waals surface area (Å²) in [6, 6.07) is 19.0. The fourth-order valence-electron chi connectivity index (χ4n) is 2.50. The van der Waals surface area contributed by atoms with Crippen molar-refractivity contribution in [2.24, 2.45) is 12.8 Å². The summed E-state index contributed by atoms with van der Waals surface area (Å²) >= 11 is 0. The Bertz CT molecular complexity index is 695. The van der Waals surface area contributed by atoms with Crippen LogP contribution in [0.2, 0.25) is 0 Å². The van der Waals surface area contributed by atoms with Gasteiger partial charge in [0.15, 0.2) is 0 Å². The highest BCUT2D eigenvalue weighted by Gasteiger charge is 2.09. The number of fused-ring (bicyclic) bond motifs is 1. The second-order valence-corrected chi connectivity index (χ2v) is 4.51. The highest BCUT2D eigenvalue weighted by atomic mass is 14.9. The van der Waals surface area contributed by atoms with Crippen LogP contribution in [0.5, 0.6) is 0 Å². The van der Waals surface area contributed by atoms with Crippen LogP contribution in [0.15, 0.2) is 54.6 Å². The van der Waals surface area contributed by atoms with Crippen molar-refractivity contribution >= 4 is 10.9 Å². The largest absolute Gasteiger partial charge is 0.344 e. The molecule has 0 amide bonds. The van der Waals surface area contributed by atoms with Crippen LogP contribution in [0.3, 0.4) is 0 Å². The van der Waals surface area contributed by atoms with E-state index >= 15 is 0 Å². The highest BCUT2D eigenvalue weighted by Crippen LogP contribution is 2.29. The van der Waals surface area contributed by atoms with Gasteiger partial charge in [0.1, 0.15) is 0 Å². The molecule has 2 N–H and O–H groups in total. The van der Waals surface area contributed by atoms with Gasteiger partial charge < -0.3 is 10.3 Å². The van der Waals surface area contributed by atoms with Gasteiger partial charge in [-0.3, -0.25) is 0 Å². The molecule has 3 aromatic rings. The number of hydrogen-bond donors (Lipinski definition) is 1. The summed E-state index contributed by atoms with van der Waals surface area (Å²) in [5.74, 6) is 0. The first-order valence-electron chi connectivity index (χ1n) is 6.14. The Kier molecular flexibility index (Phi) is 2.65. The van der Waals surface area contributed by atoms with Gasteiger partial charge in [0.05, 0.1) is 0 Å². The quantitative estimate of drug-likeness (QED) is 0.727. The number of aryl methyl sites for hydroxylation is 1. The van der Waals surface area contributed by atoms with E-state index in [0.717, 1.165) is 0 Å². The standard InChI is InChI=1S/C16H16N2/c1-18-15-9-5-3-6-12(15)10-16(18)14-8-4-2-7-13(14)11-17/h2-10H,11,17H2,1H3. The van der Waals surface area contributed by atoms with Crippen molar-refractivity contribution in [3.63, 3.8) is 0 Å². The number of nitrogens with zero attached hydrogens (tertiary/aromatic N) is 1. The van der Waals surface area contributed by atoms with Crippen molar-refractivity contribution < 1.29 is 0 Å². The molecule has 0 saturated carbocycles. The van der Waals surface area contributed by atoms with Crippen LogP contribution in [-0.2, 0) is 13.6 Å². The average Bonchev–Trinajstić information content (AvgIpc) is 2.76. The van der Waals surface area contributed by atoms with Gasteiger partial charge in [-0.2, -0.15) is 0 Å². The van der Waals surface area contributed by atoms with Gasteiger partial charge in [-0.25, -0.2) is 0 Å². The van der Waals surface area contributed by atoms with Crippen LogP contribution < -0.4 is 5.73 Å². The smallest absolute Gasteiger partial charge is 0.0491 e. The van der Waals surface area contributed by atoms with E-state index < -0.39 is 0 Å². The van der Waals surface area contributed by atoms with E-state index in [1.54, 1.807) is 0 Å². The van der Waals surface area contributed by atoms with Gasteiger partial charge in [0.25, 0.3) is 0 Å². The molecule has 0 bridgehead atoms. The first kappa shape index (κ1) is 11.1. The number of para-hydroxylation sites is 1. The molecule has 0 atom stereocenters. The summed E-state index contributed by atoms with van der Waals surface area (Å²) in [4.78, 5) is 0. The number of nitrogens with two attached hydrogens (primary N) is 1. The van der Waals surface area contributed by atoms with E-state index in [1.165, 1.54) is 27.7 Å². The fourth-order valence-corrected chi connectivity index (χ4v) is 2.50. The van der Waals surface area contributed by atoms with Gasteiger partial charge >= 0.3 is 0 Å². The van der Waals surface area contributed by atoms with Crippen LogP contribution in [0, 0.1) is 0 Å². The maximum absolute atomic E-state index is 5.82. The van der Waals surface area contributed by atoms with Crippen molar-refractivity contribution in [3.05, 3.63) is 60.2 Å². The predicted octanol–water partition coefficient (Wildman–Crippen LogP) is 3.30. The first-order chi connectivity index (χ1) is 8.81. The van der Waals surface area contributed by atoms with E-state index in [2.05, 4.69) is 60.1 Å². The van der Waals surface area contributed by atoms with Crippen molar-refractivity contribution in [2.45, 2.75) is 6.54 Å². The normalized spacial score (nSPS) is 11.0. The fraction of sp³-hybridized carbons (Fsp3) is 0.125. The van der Waals surface area contributed by atoms with Crippen LogP contribution in [-0.4, -0.2) is 4.57 Å². The summed E-state index contributed by atoms with van der Waals surface area (Å²) in [7, 11) is 2.10. The first-order valence-corrected chi connectivity index (χ1v) is 6.14. The topological polar surface area (TPSA) is 30.9 Å². The molecule has 0 aliphatic carbocycles. The number of hydrogen-bond acceptors (Lipinski definition) is 1. The van der Waals surface area contributed by atoms with Crippen molar-refractivity contribution in [3.8, 4) is 11.3 Å². The van der Waals surface area contributed by atoms with Crippen LogP contribution in [0.4, 0.5) is 0 Å². The van der Waals surface area contributed by atoms with E-state index in [1.807, 2.05) is 6.07 Å². The van der Waals surface area contributed by atoms with Crippen LogP contribution >= 0.6 is 0 Å². The Morgan fingerprint density at radius 3 is 2.50 bits per heavy atom. The maximum atomic E-state index is 5.82. The van der Waals surface area contributed by atoms with Crippen molar-refractivity contribution in [1.82, 2.24) is 4.57 Å². The minimum atomic E-state index is 0.567. The summed E-state index contributed by atoms with van der Waals surface area (Å²) in [5, 5.41) is 1.27. The molecule has 0 spiro atoms. The second-order valence-electron chi connectivity index (χ2n) is 4.51. The number of rotatable bonds is 2. The molecule has 0 radical (unpaired) electrons. The molecule has 0 aliphatic heterocycles. The lowest BCUT2D eigenvalue weighted by Crippen LogP contribution is -2.00. The molecular weight excluding hydrogens is 220 g/mol. The number of aromatic nitrogens is 1. The van der Waals surface area contributed by atoms with Gasteiger partial charge in [-0.1, -0.05) is 42.5 Å². The van der Waals surface area contributed by atoms with E-state index in [4.69, 9.17) is 5.73 Å². The Hall–Kier alpha value is -2.06. The molecule has 2 aromatic carbocycles. The zero-order valence-electron chi connectivity index (χ0n) is 10.4. The second kappa shape index (κ2) is 4.31.